The Morgan fingerprint density at radius 3 is 2.76 bits per heavy atom. The number of nitro benzene ring substituents is 1. The van der Waals surface area contributed by atoms with Gasteiger partial charge in [0.25, 0.3) is 5.69 Å². The molecule has 0 radical (unpaired) electrons. The van der Waals surface area contributed by atoms with Crippen molar-refractivity contribution in [3.05, 3.63) is 40.7 Å². The van der Waals surface area contributed by atoms with Gasteiger partial charge in [-0.2, -0.15) is 0 Å². The van der Waals surface area contributed by atoms with Crippen molar-refractivity contribution >= 4 is 28.1 Å². The number of nitrogens with one attached hydrogen (secondary N) is 2. The lowest BCUT2D eigenvalue weighted by atomic mass is 10.1. The second-order valence-corrected chi connectivity index (χ2v) is 4.89. The fourth-order valence-corrected chi connectivity index (χ4v) is 2.04. The molecule has 2 aromatic rings. The summed E-state index contributed by atoms with van der Waals surface area (Å²) in [7, 11) is 0. The normalized spacial score (nSPS) is 10.6. The van der Waals surface area contributed by atoms with Gasteiger partial charge in [-0.05, 0) is 26.0 Å². The van der Waals surface area contributed by atoms with E-state index in [0.29, 0.717) is 16.5 Å². The standard InChI is InChI=1S/C14H16N4O3/c1-9(2)17-14(19)8-16-12-3-4-13(18(20)21)11-7-15-6-5-10(11)12/h3-7,9,16H,8H2,1-2H3,(H,17,19). The van der Waals surface area contributed by atoms with Crippen LogP contribution in [0.2, 0.25) is 0 Å². The number of fused-ring (bicyclic) bond motifs is 1. The van der Waals surface area contributed by atoms with Crippen LogP contribution in [0, 0.1) is 10.1 Å². The predicted molar refractivity (Wildman–Crippen MR) is 80.2 cm³/mol. The minimum Gasteiger partial charge on any atom is -0.376 e. The monoisotopic (exact) mass is 288 g/mol. The van der Waals surface area contributed by atoms with E-state index in [4.69, 9.17) is 0 Å². The van der Waals surface area contributed by atoms with Gasteiger partial charge in [0.15, 0.2) is 0 Å². The Labute approximate surface area is 121 Å². The van der Waals surface area contributed by atoms with Crippen molar-refractivity contribution in [3.8, 4) is 0 Å². The summed E-state index contributed by atoms with van der Waals surface area (Å²) in [4.78, 5) is 26.1. The van der Waals surface area contributed by atoms with Gasteiger partial charge in [-0.15, -0.1) is 0 Å². The lowest BCUT2D eigenvalue weighted by Crippen LogP contribution is -2.34. The molecular weight excluding hydrogens is 272 g/mol. The van der Waals surface area contributed by atoms with E-state index in [-0.39, 0.29) is 24.2 Å². The molecule has 110 valence electrons. The highest BCUT2D eigenvalue weighted by molar-refractivity contribution is 5.99. The molecule has 0 spiro atoms. The minimum atomic E-state index is -0.445. The number of carbonyl (C=O) groups excluding carboxylic acids is 1. The molecule has 2 N–H and O–H groups in total. The maximum Gasteiger partial charge on any atom is 0.278 e. The third kappa shape index (κ3) is 3.44. The molecule has 7 nitrogen and oxygen atoms in total. The number of carbonyl (C=O) groups is 1. The lowest BCUT2D eigenvalue weighted by Gasteiger charge is -2.11. The first kappa shape index (κ1) is 14.7. The van der Waals surface area contributed by atoms with Crippen molar-refractivity contribution in [2.45, 2.75) is 19.9 Å². The average Bonchev–Trinajstić information content (AvgIpc) is 2.43. The molecule has 0 aliphatic heterocycles. The Balaban J connectivity index is 2.27. The predicted octanol–water partition coefficient (Wildman–Crippen LogP) is 2.08. The summed E-state index contributed by atoms with van der Waals surface area (Å²) in [5.41, 5.74) is 0.659. The molecule has 0 saturated carbocycles. The number of amides is 1. The van der Waals surface area contributed by atoms with Crippen LogP contribution in [-0.4, -0.2) is 28.4 Å². The average molecular weight is 288 g/mol. The van der Waals surface area contributed by atoms with Crippen LogP contribution < -0.4 is 10.6 Å². The third-order valence-corrected chi connectivity index (χ3v) is 2.88. The van der Waals surface area contributed by atoms with E-state index < -0.39 is 4.92 Å². The van der Waals surface area contributed by atoms with E-state index in [1.165, 1.54) is 12.3 Å². The van der Waals surface area contributed by atoms with E-state index in [0.717, 1.165) is 0 Å². The van der Waals surface area contributed by atoms with Gasteiger partial charge in [0.1, 0.15) is 0 Å². The van der Waals surface area contributed by atoms with Gasteiger partial charge in [-0.1, -0.05) is 0 Å². The first-order valence-corrected chi connectivity index (χ1v) is 6.53. The van der Waals surface area contributed by atoms with Crippen LogP contribution in [0.25, 0.3) is 10.8 Å². The van der Waals surface area contributed by atoms with Crippen molar-refractivity contribution in [1.29, 1.82) is 0 Å². The lowest BCUT2D eigenvalue weighted by molar-refractivity contribution is -0.383. The van der Waals surface area contributed by atoms with Gasteiger partial charge >= 0.3 is 0 Å². The summed E-state index contributed by atoms with van der Waals surface area (Å²) in [6.07, 6.45) is 3.01. The van der Waals surface area contributed by atoms with Gasteiger partial charge in [0.2, 0.25) is 5.91 Å². The fourth-order valence-electron chi connectivity index (χ4n) is 2.04. The fraction of sp³-hybridized carbons (Fsp3) is 0.286. The third-order valence-electron chi connectivity index (χ3n) is 2.88. The number of pyridine rings is 1. The molecular formula is C14H16N4O3. The highest BCUT2D eigenvalue weighted by atomic mass is 16.6. The van der Waals surface area contributed by atoms with Crippen molar-refractivity contribution in [3.63, 3.8) is 0 Å². The Kier molecular flexibility index (Phi) is 4.32. The molecule has 1 heterocycles. The van der Waals surface area contributed by atoms with Crippen molar-refractivity contribution in [2.24, 2.45) is 0 Å². The molecule has 0 bridgehead atoms. The zero-order chi connectivity index (χ0) is 15.4. The number of anilines is 1. The molecule has 1 aromatic carbocycles. The second-order valence-electron chi connectivity index (χ2n) is 4.89. The van der Waals surface area contributed by atoms with E-state index in [1.54, 1.807) is 18.3 Å². The van der Waals surface area contributed by atoms with Crippen molar-refractivity contribution < 1.29 is 9.72 Å². The first-order chi connectivity index (χ1) is 9.99. The summed E-state index contributed by atoms with van der Waals surface area (Å²) in [6, 6.07) is 4.76. The molecule has 0 aliphatic carbocycles. The Bertz CT molecular complexity index is 685. The SMILES string of the molecule is CC(C)NC(=O)CNc1ccc([N+](=O)[O-])c2cnccc12. The number of rotatable bonds is 5. The molecule has 2 rings (SSSR count). The van der Waals surface area contributed by atoms with Gasteiger partial charge in [0.05, 0.1) is 16.9 Å². The number of benzene rings is 1. The molecule has 0 saturated heterocycles. The summed E-state index contributed by atoms with van der Waals surface area (Å²) in [5.74, 6) is -0.134. The molecule has 0 aliphatic rings. The Morgan fingerprint density at radius 1 is 1.33 bits per heavy atom. The quantitative estimate of drug-likeness (QED) is 0.648. The molecule has 0 atom stereocenters. The summed E-state index contributed by atoms with van der Waals surface area (Å²) in [6.45, 7) is 3.86. The zero-order valence-electron chi connectivity index (χ0n) is 11.8. The number of hydrogen-bond acceptors (Lipinski definition) is 5. The van der Waals surface area contributed by atoms with Gasteiger partial charge in [0, 0.05) is 35.6 Å². The highest BCUT2D eigenvalue weighted by Gasteiger charge is 2.14. The first-order valence-electron chi connectivity index (χ1n) is 6.53. The molecule has 1 amide bonds. The van der Waals surface area contributed by atoms with Gasteiger partial charge in [-0.25, -0.2) is 0 Å². The van der Waals surface area contributed by atoms with Crippen molar-refractivity contribution in [2.75, 3.05) is 11.9 Å². The molecule has 1 aromatic heterocycles. The molecule has 0 fully saturated rings. The summed E-state index contributed by atoms with van der Waals surface area (Å²) >= 11 is 0. The van der Waals surface area contributed by atoms with E-state index in [9.17, 15) is 14.9 Å². The van der Waals surface area contributed by atoms with Crippen LogP contribution in [0.4, 0.5) is 11.4 Å². The van der Waals surface area contributed by atoms with Crippen LogP contribution in [0.1, 0.15) is 13.8 Å². The maximum absolute atomic E-state index is 11.6. The van der Waals surface area contributed by atoms with E-state index >= 15 is 0 Å². The van der Waals surface area contributed by atoms with Crippen LogP contribution in [0.15, 0.2) is 30.6 Å². The van der Waals surface area contributed by atoms with Crippen LogP contribution in [0.3, 0.4) is 0 Å². The number of nitrogens with zero attached hydrogens (tertiary/aromatic N) is 2. The van der Waals surface area contributed by atoms with Crippen LogP contribution in [0.5, 0.6) is 0 Å². The molecule has 21 heavy (non-hydrogen) atoms. The Morgan fingerprint density at radius 2 is 2.10 bits per heavy atom. The number of non-ortho nitro benzene ring substituents is 1. The zero-order valence-corrected chi connectivity index (χ0v) is 11.8. The number of nitro groups is 1. The molecule has 0 unspecified atom stereocenters. The number of aromatic nitrogens is 1. The second kappa shape index (κ2) is 6.17. The van der Waals surface area contributed by atoms with E-state index in [1.807, 2.05) is 13.8 Å². The minimum absolute atomic E-state index is 0.00437. The van der Waals surface area contributed by atoms with Crippen molar-refractivity contribution in [1.82, 2.24) is 10.3 Å². The Hall–Kier alpha value is -2.70. The smallest absolute Gasteiger partial charge is 0.278 e. The number of hydrogen-bond donors (Lipinski definition) is 2. The largest absolute Gasteiger partial charge is 0.376 e. The topological polar surface area (TPSA) is 97.2 Å². The van der Waals surface area contributed by atoms with Gasteiger partial charge in [-0.3, -0.25) is 19.9 Å². The van der Waals surface area contributed by atoms with Gasteiger partial charge < -0.3 is 10.6 Å². The summed E-state index contributed by atoms with van der Waals surface area (Å²) in [5, 5.41) is 17.9. The van der Waals surface area contributed by atoms with E-state index in [2.05, 4.69) is 15.6 Å². The van der Waals surface area contributed by atoms with Crippen LogP contribution >= 0.6 is 0 Å². The maximum atomic E-state index is 11.6. The van der Waals surface area contributed by atoms with Crippen LogP contribution in [-0.2, 0) is 4.79 Å². The molecule has 7 heteroatoms. The highest BCUT2D eigenvalue weighted by Crippen LogP contribution is 2.30. The summed E-state index contributed by atoms with van der Waals surface area (Å²) < 4.78 is 0.